The second-order valence-electron chi connectivity index (χ2n) is 3.97. The first-order valence-corrected chi connectivity index (χ1v) is 6.95. The van der Waals surface area contributed by atoms with Gasteiger partial charge in [-0.05, 0) is 30.7 Å². The SMILES string of the molecule is Fc1cccc(Cl)c1CNCC1CCCS1. The van der Waals surface area contributed by atoms with E-state index in [1.165, 1.54) is 24.7 Å². The maximum Gasteiger partial charge on any atom is 0.129 e. The van der Waals surface area contributed by atoms with Crippen LogP contribution in [0.3, 0.4) is 0 Å². The van der Waals surface area contributed by atoms with Crippen LogP contribution in [-0.4, -0.2) is 17.5 Å². The fourth-order valence-corrected chi connectivity index (χ4v) is 3.33. The molecule has 0 bridgehead atoms. The van der Waals surface area contributed by atoms with Crippen LogP contribution in [0.5, 0.6) is 0 Å². The molecule has 1 aliphatic rings. The Kier molecular flexibility index (Phi) is 4.50. The maximum atomic E-state index is 13.4. The molecular weight excluding hydrogens is 245 g/mol. The van der Waals surface area contributed by atoms with Gasteiger partial charge in [-0.3, -0.25) is 0 Å². The summed E-state index contributed by atoms with van der Waals surface area (Å²) in [5.74, 6) is 1.03. The number of hydrogen-bond donors (Lipinski definition) is 1. The highest BCUT2D eigenvalue weighted by molar-refractivity contribution is 8.00. The van der Waals surface area contributed by atoms with E-state index in [1.54, 1.807) is 12.1 Å². The summed E-state index contributed by atoms with van der Waals surface area (Å²) in [7, 11) is 0. The zero-order valence-corrected chi connectivity index (χ0v) is 10.6. The molecule has 1 atom stereocenters. The summed E-state index contributed by atoms with van der Waals surface area (Å²) in [5, 5.41) is 4.47. The quantitative estimate of drug-likeness (QED) is 0.889. The molecule has 16 heavy (non-hydrogen) atoms. The van der Waals surface area contributed by atoms with E-state index in [4.69, 9.17) is 11.6 Å². The molecule has 1 unspecified atom stereocenters. The molecule has 1 aromatic rings. The molecule has 1 heterocycles. The molecule has 0 aliphatic carbocycles. The second kappa shape index (κ2) is 5.89. The average molecular weight is 260 g/mol. The van der Waals surface area contributed by atoms with Crippen LogP contribution in [0.15, 0.2) is 18.2 Å². The van der Waals surface area contributed by atoms with Gasteiger partial charge in [-0.1, -0.05) is 17.7 Å². The smallest absolute Gasteiger partial charge is 0.129 e. The molecule has 0 saturated carbocycles. The molecule has 88 valence electrons. The number of benzene rings is 1. The van der Waals surface area contributed by atoms with E-state index in [1.807, 2.05) is 11.8 Å². The average Bonchev–Trinajstić information content (AvgIpc) is 2.75. The van der Waals surface area contributed by atoms with Crippen molar-refractivity contribution in [1.82, 2.24) is 5.32 Å². The van der Waals surface area contributed by atoms with Gasteiger partial charge >= 0.3 is 0 Å². The Labute approximate surface area is 105 Å². The third-order valence-electron chi connectivity index (χ3n) is 2.76. The van der Waals surface area contributed by atoms with Crippen molar-refractivity contribution in [2.24, 2.45) is 0 Å². The van der Waals surface area contributed by atoms with Crippen molar-refractivity contribution < 1.29 is 4.39 Å². The van der Waals surface area contributed by atoms with E-state index in [2.05, 4.69) is 5.32 Å². The van der Waals surface area contributed by atoms with Crippen LogP contribution >= 0.6 is 23.4 Å². The van der Waals surface area contributed by atoms with Gasteiger partial charge < -0.3 is 5.32 Å². The topological polar surface area (TPSA) is 12.0 Å². The molecule has 4 heteroatoms. The fraction of sp³-hybridized carbons (Fsp3) is 0.500. The van der Waals surface area contributed by atoms with Gasteiger partial charge in [0.05, 0.1) is 0 Å². The first-order chi connectivity index (χ1) is 7.77. The van der Waals surface area contributed by atoms with E-state index >= 15 is 0 Å². The van der Waals surface area contributed by atoms with Crippen molar-refractivity contribution in [1.29, 1.82) is 0 Å². The molecule has 0 radical (unpaired) electrons. The first-order valence-electron chi connectivity index (χ1n) is 5.52. The van der Waals surface area contributed by atoms with Gasteiger partial charge in [-0.15, -0.1) is 0 Å². The predicted octanol–water partition coefficient (Wildman–Crippen LogP) is 3.46. The summed E-state index contributed by atoms with van der Waals surface area (Å²) in [6, 6.07) is 4.81. The third kappa shape index (κ3) is 3.12. The molecule has 0 spiro atoms. The van der Waals surface area contributed by atoms with E-state index in [9.17, 15) is 4.39 Å². The number of thioether (sulfide) groups is 1. The van der Waals surface area contributed by atoms with Crippen molar-refractivity contribution in [3.05, 3.63) is 34.6 Å². The van der Waals surface area contributed by atoms with Crippen molar-refractivity contribution in [2.45, 2.75) is 24.6 Å². The molecule has 1 saturated heterocycles. The molecular formula is C12H15ClFNS. The Bertz CT molecular complexity index is 333. The summed E-state index contributed by atoms with van der Waals surface area (Å²) < 4.78 is 13.4. The summed E-state index contributed by atoms with van der Waals surface area (Å²) in [5.41, 5.74) is 0.576. The normalized spacial score (nSPS) is 20.2. The van der Waals surface area contributed by atoms with Crippen LogP contribution < -0.4 is 5.32 Å². The predicted molar refractivity (Wildman–Crippen MR) is 68.6 cm³/mol. The lowest BCUT2D eigenvalue weighted by molar-refractivity contribution is 0.582. The Hall–Kier alpha value is -0.250. The molecule has 2 rings (SSSR count). The van der Waals surface area contributed by atoms with Gasteiger partial charge in [0.15, 0.2) is 0 Å². The van der Waals surface area contributed by atoms with Gasteiger partial charge in [-0.25, -0.2) is 4.39 Å². The highest BCUT2D eigenvalue weighted by Crippen LogP contribution is 2.25. The van der Waals surface area contributed by atoms with Crippen LogP contribution in [-0.2, 0) is 6.54 Å². The Morgan fingerprint density at radius 2 is 2.38 bits per heavy atom. The number of halogens is 2. The minimum absolute atomic E-state index is 0.223. The standard InChI is InChI=1S/C12H15ClFNS/c13-11-4-1-5-12(14)10(11)8-15-7-9-3-2-6-16-9/h1,4-5,9,15H,2-3,6-8H2. The van der Waals surface area contributed by atoms with Gasteiger partial charge in [-0.2, -0.15) is 11.8 Å². The van der Waals surface area contributed by atoms with Crippen molar-refractivity contribution in [3.63, 3.8) is 0 Å². The maximum absolute atomic E-state index is 13.4. The van der Waals surface area contributed by atoms with E-state index in [-0.39, 0.29) is 5.82 Å². The summed E-state index contributed by atoms with van der Waals surface area (Å²) in [6.07, 6.45) is 2.57. The van der Waals surface area contributed by atoms with E-state index in [0.717, 1.165) is 6.54 Å². The zero-order valence-electron chi connectivity index (χ0n) is 9.01. The molecule has 0 aromatic heterocycles. The highest BCUT2D eigenvalue weighted by Gasteiger charge is 2.15. The zero-order chi connectivity index (χ0) is 11.4. The number of rotatable bonds is 4. The lowest BCUT2D eigenvalue weighted by Crippen LogP contribution is -2.23. The molecule has 1 N–H and O–H groups in total. The van der Waals surface area contributed by atoms with Gasteiger partial charge in [0.1, 0.15) is 5.82 Å². The third-order valence-corrected chi connectivity index (χ3v) is 4.51. The van der Waals surface area contributed by atoms with Crippen LogP contribution in [0, 0.1) is 5.82 Å². The Morgan fingerprint density at radius 1 is 1.50 bits per heavy atom. The Balaban J connectivity index is 1.84. The lowest BCUT2D eigenvalue weighted by atomic mass is 10.2. The molecule has 0 amide bonds. The largest absolute Gasteiger partial charge is 0.311 e. The number of nitrogens with one attached hydrogen (secondary N) is 1. The minimum atomic E-state index is -0.223. The van der Waals surface area contributed by atoms with Gasteiger partial charge in [0.2, 0.25) is 0 Å². The Morgan fingerprint density at radius 3 is 3.06 bits per heavy atom. The van der Waals surface area contributed by atoms with E-state index < -0.39 is 0 Å². The van der Waals surface area contributed by atoms with Gasteiger partial charge in [0, 0.05) is 28.9 Å². The van der Waals surface area contributed by atoms with Crippen molar-refractivity contribution >= 4 is 23.4 Å². The monoisotopic (exact) mass is 259 g/mol. The lowest BCUT2D eigenvalue weighted by Gasteiger charge is -2.11. The molecule has 1 fully saturated rings. The summed E-state index contributed by atoms with van der Waals surface area (Å²) in [4.78, 5) is 0. The molecule has 1 aromatic carbocycles. The number of hydrogen-bond acceptors (Lipinski definition) is 2. The van der Waals surface area contributed by atoms with Gasteiger partial charge in [0.25, 0.3) is 0 Å². The summed E-state index contributed by atoms with van der Waals surface area (Å²) >= 11 is 7.94. The summed E-state index contributed by atoms with van der Waals surface area (Å²) in [6.45, 7) is 1.46. The second-order valence-corrected chi connectivity index (χ2v) is 5.78. The fourth-order valence-electron chi connectivity index (χ4n) is 1.86. The van der Waals surface area contributed by atoms with Crippen molar-refractivity contribution in [3.8, 4) is 0 Å². The molecule has 1 aliphatic heterocycles. The van der Waals surface area contributed by atoms with Crippen LogP contribution in [0.2, 0.25) is 5.02 Å². The van der Waals surface area contributed by atoms with Crippen molar-refractivity contribution in [2.75, 3.05) is 12.3 Å². The van der Waals surface area contributed by atoms with Crippen LogP contribution in [0.1, 0.15) is 18.4 Å². The molecule has 1 nitrogen and oxygen atoms in total. The van der Waals surface area contributed by atoms with E-state index in [0.29, 0.717) is 22.4 Å². The first kappa shape index (κ1) is 12.2. The highest BCUT2D eigenvalue weighted by atomic mass is 35.5. The van der Waals surface area contributed by atoms with Crippen LogP contribution in [0.25, 0.3) is 0 Å². The minimum Gasteiger partial charge on any atom is -0.311 e. The van der Waals surface area contributed by atoms with Crippen LogP contribution in [0.4, 0.5) is 4.39 Å².